The number of likely N-dealkylation sites (tertiary alicyclic amines) is 1. The Morgan fingerprint density at radius 3 is 2.47 bits per heavy atom. The highest BCUT2D eigenvalue weighted by Gasteiger charge is 2.30. The van der Waals surface area contributed by atoms with Crippen LogP contribution in [-0.2, 0) is 4.79 Å². The average molecular weight is 332 g/mol. The smallest absolute Gasteiger partial charge is 0.259 e. The summed E-state index contributed by atoms with van der Waals surface area (Å²) < 4.78 is 27.6. The molecule has 19 heavy (non-hydrogen) atoms. The van der Waals surface area contributed by atoms with Gasteiger partial charge in [0.2, 0.25) is 0 Å². The number of carbonyl (C=O) groups excluding carboxylic acids is 2. The summed E-state index contributed by atoms with van der Waals surface area (Å²) in [6.07, 6.45) is 0.229. The molecular formula is C13H12BrF2NO2. The molecular weight excluding hydrogens is 320 g/mol. The Hall–Kier alpha value is -1.30. The van der Waals surface area contributed by atoms with Gasteiger partial charge >= 0.3 is 0 Å². The Labute approximate surface area is 117 Å². The zero-order valence-corrected chi connectivity index (χ0v) is 11.8. The molecule has 0 aliphatic carbocycles. The number of hydrogen-bond donors (Lipinski definition) is 0. The molecule has 0 bridgehead atoms. The number of piperidine rings is 1. The Morgan fingerprint density at radius 2 is 1.95 bits per heavy atom. The van der Waals surface area contributed by atoms with Gasteiger partial charge in [-0.05, 0) is 12.1 Å². The van der Waals surface area contributed by atoms with Gasteiger partial charge in [-0.25, -0.2) is 8.78 Å². The number of Topliss-reactive ketones (excluding diaryl/α,β-unsaturated/α-hetero) is 1. The molecule has 1 aliphatic rings. The van der Waals surface area contributed by atoms with Crippen LogP contribution in [0.25, 0.3) is 0 Å². The number of ketones is 1. The summed E-state index contributed by atoms with van der Waals surface area (Å²) in [5.41, 5.74) is -0.565. The van der Waals surface area contributed by atoms with Crippen LogP contribution < -0.4 is 0 Å². The van der Waals surface area contributed by atoms with Gasteiger partial charge < -0.3 is 4.90 Å². The Kier molecular flexibility index (Phi) is 3.99. The molecule has 1 amide bonds. The molecule has 1 fully saturated rings. The van der Waals surface area contributed by atoms with E-state index in [1.165, 1.54) is 4.90 Å². The van der Waals surface area contributed by atoms with Crippen molar-refractivity contribution in [3.05, 3.63) is 33.8 Å². The second-order valence-electron chi connectivity index (χ2n) is 4.61. The second-order valence-corrected chi connectivity index (χ2v) is 5.53. The van der Waals surface area contributed by atoms with E-state index in [2.05, 4.69) is 15.9 Å². The third-order valence-corrected chi connectivity index (χ3v) is 3.64. The van der Waals surface area contributed by atoms with E-state index in [-0.39, 0.29) is 35.7 Å². The first kappa shape index (κ1) is 14.1. The largest absolute Gasteiger partial charge is 0.337 e. The first-order valence-corrected chi connectivity index (χ1v) is 6.66. The van der Waals surface area contributed by atoms with Gasteiger partial charge in [0.05, 0.1) is 0 Å². The maximum absolute atomic E-state index is 13.7. The van der Waals surface area contributed by atoms with Crippen molar-refractivity contribution < 1.29 is 18.4 Å². The summed E-state index contributed by atoms with van der Waals surface area (Å²) in [4.78, 5) is 24.8. The molecule has 3 nitrogen and oxygen atoms in total. The van der Waals surface area contributed by atoms with Crippen LogP contribution in [-0.4, -0.2) is 29.7 Å². The van der Waals surface area contributed by atoms with Crippen LogP contribution in [0.5, 0.6) is 0 Å². The Balaban J connectivity index is 2.28. The highest BCUT2D eigenvalue weighted by atomic mass is 79.9. The fourth-order valence-corrected chi connectivity index (χ4v) is 2.51. The number of benzene rings is 1. The van der Waals surface area contributed by atoms with Crippen molar-refractivity contribution >= 4 is 27.6 Å². The van der Waals surface area contributed by atoms with Crippen LogP contribution >= 0.6 is 15.9 Å². The van der Waals surface area contributed by atoms with Crippen LogP contribution in [0.2, 0.25) is 0 Å². The molecule has 1 saturated heterocycles. The van der Waals surface area contributed by atoms with Crippen molar-refractivity contribution in [3.63, 3.8) is 0 Å². The van der Waals surface area contributed by atoms with Gasteiger partial charge in [-0.15, -0.1) is 0 Å². The third kappa shape index (κ3) is 2.83. The minimum absolute atomic E-state index is 0.0702. The first-order valence-electron chi connectivity index (χ1n) is 5.86. The van der Waals surface area contributed by atoms with Crippen LogP contribution in [0.3, 0.4) is 0 Å². The molecule has 102 valence electrons. The Bertz CT molecular complexity index is 524. The van der Waals surface area contributed by atoms with Gasteiger partial charge in [-0.1, -0.05) is 22.9 Å². The molecule has 2 rings (SSSR count). The van der Waals surface area contributed by atoms with E-state index in [0.29, 0.717) is 0 Å². The van der Waals surface area contributed by atoms with Crippen LogP contribution in [0.1, 0.15) is 23.7 Å². The lowest BCUT2D eigenvalue weighted by Crippen LogP contribution is -2.43. The zero-order chi connectivity index (χ0) is 14.2. The monoisotopic (exact) mass is 331 g/mol. The van der Waals surface area contributed by atoms with Crippen molar-refractivity contribution in [1.29, 1.82) is 0 Å². The number of halogens is 3. The standard InChI is InChI=1S/C13H12BrF2NO2/c1-7-6-17(3-2-11(7)18)13(19)12-9(15)4-8(14)5-10(12)16/h4-5,7H,2-3,6H2,1H3. The topological polar surface area (TPSA) is 37.4 Å². The summed E-state index contributed by atoms with van der Waals surface area (Å²) >= 11 is 2.96. The fraction of sp³-hybridized carbons (Fsp3) is 0.385. The average Bonchev–Trinajstić information content (AvgIpc) is 2.31. The van der Waals surface area contributed by atoms with E-state index in [4.69, 9.17) is 0 Å². The normalized spacial score (nSPS) is 19.7. The molecule has 0 aromatic heterocycles. The van der Waals surface area contributed by atoms with Gasteiger partial charge in [-0.2, -0.15) is 0 Å². The van der Waals surface area contributed by atoms with E-state index in [1.807, 2.05) is 0 Å². The summed E-state index contributed by atoms with van der Waals surface area (Å²) in [7, 11) is 0. The summed E-state index contributed by atoms with van der Waals surface area (Å²) in [5.74, 6) is -2.73. The minimum atomic E-state index is -0.901. The molecule has 0 saturated carbocycles. The molecule has 0 spiro atoms. The van der Waals surface area contributed by atoms with E-state index < -0.39 is 23.1 Å². The molecule has 0 radical (unpaired) electrons. The van der Waals surface area contributed by atoms with Crippen molar-refractivity contribution in [2.24, 2.45) is 5.92 Å². The highest BCUT2D eigenvalue weighted by Crippen LogP contribution is 2.22. The van der Waals surface area contributed by atoms with Crippen molar-refractivity contribution in [3.8, 4) is 0 Å². The number of amides is 1. The predicted molar refractivity (Wildman–Crippen MR) is 68.7 cm³/mol. The zero-order valence-electron chi connectivity index (χ0n) is 10.3. The molecule has 1 aromatic carbocycles. The third-order valence-electron chi connectivity index (χ3n) is 3.18. The number of carbonyl (C=O) groups is 2. The molecule has 1 unspecified atom stereocenters. The second kappa shape index (κ2) is 5.36. The van der Waals surface area contributed by atoms with E-state index >= 15 is 0 Å². The van der Waals surface area contributed by atoms with Gasteiger partial charge in [-0.3, -0.25) is 9.59 Å². The first-order chi connectivity index (χ1) is 8.90. The van der Waals surface area contributed by atoms with Crippen molar-refractivity contribution in [2.45, 2.75) is 13.3 Å². The van der Waals surface area contributed by atoms with Gasteiger partial charge in [0.15, 0.2) is 0 Å². The maximum atomic E-state index is 13.7. The minimum Gasteiger partial charge on any atom is -0.337 e. The molecule has 6 heteroatoms. The SMILES string of the molecule is CC1CN(C(=O)c2c(F)cc(Br)cc2F)CCC1=O. The quantitative estimate of drug-likeness (QED) is 0.793. The molecule has 1 atom stereocenters. The Morgan fingerprint density at radius 1 is 1.37 bits per heavy atom. The molecule has 1 aliphatic heterocycles. The predicted octanol–water partition coefficient (Wildman–Crippen LogP) is 2.78. The lowest BCUT2D eigenvalue weighted by Gasteiger charge is -2.30. The lowest BCUT2D eigenvalue weighted by atomic mass is 9.98. The van der Waals surface area contributed by atoms with E-state index in [9.17, 15) is 18.4 Å². The fourth-order valence-electron chi connectivity index (χ4n) is 2.10. The summed E-state index contributed by atoms with van der Waals surface area (Å²) in [5, 5.41) is 0. The van der Waals surface area contributed by atoms with E-state index in [1.54, 1.807) is 6.92 Å². The van der Waals surface area contributed by atoms with Gasteiger partial charge in [0, 0.05) is 29.9 Å². The van der Waals surface area contributed by atoms with Crippen LogP contribution in [0, 0.1) is 17.6 Å². The molecule has 0 N–H and O–H groups in total. The van der Waals surface area contributed by atoms with Gasteiger partial charge in [0.1, 0.15) is 23.0 Å². The van der Waals surface area contributed by atoms with Crippen molar-refractivity contribution in [1.82, 2.24) is 4.90 Å². The number of nitrogens with zero attached hydrogens (tertiary/aromatic N) is 1. The highest BCUT2D eigenvalue weighted by molar-refractivity contribution is 9.10. The van der Waals surface area contributed by atoms with Crippen LogP contribution in [0.15, 0.2) is 16.6 Å². The lowest BCUT2D eigenvalue weighted by molar-refractivity contribution is -0.124. The number of hydrogen-bond acceptors (Lipinski definition) is 2. The van der Waals surface area contributed by atoms with Crippen LogP contribution in [0.4, 0.5) is 8.78 Å². The summed E-state index contributed by atoms with van der Waals surface area (Å²) in [6, 6.07) is 2.10. The van der Waals surface area contributed by atoms with Crippen molar-refractivity contribution in [2.75, 3.05) is 13.1 Å². The maximum Gasteiger partial charge on any atom is 0.259 e. The molecule has 1 heterocycles. The summed E-state index contributed by atoms with van der Waals surface area (Å²) in [6.45, 7) is 2.11. The van der Waals surface area contributed by atoms with Gasteiger partial charge in [0.25, 0.3) is 5.91 Å². The number of rotatable bonds is 1. The van der Waals surface area contributed by atoms with E-state index in [0.717, 1.165) is 12.1 Å². The molecule has 1 aromatic rings.